The summed E-state index contributed by atoms with van der Waals surface area (Å²) in [4.78, 5) is 0. The van der Waals surface area contributed by atoms with Gasteiger partial charge in [-0.05, 0) is 19.8 Å². The third-order valence-corrected chi connectivity index (χ3v) is 5.33. The third-order valence-electron chi connectivity index (χ3n) is 2.79. The molecule has 102 valence electrons. The molecule has 1 rings (SSSR count). The molecule has 1 fully saturated rings. The Hall–Kier alpha value is 0.540. The predicted octanol–water partition coefficient (Wildman–Crippen LogP) is 2.79. The van der Waals surface area contributed by atoms with Gasteiger partial charge in [-0.3, -0.25) is 4.57 Å². The van der Waals surface area contributed by atoms with Crippen LogP contribution in [0.15, 0.2) is 0 Å². The van der Waals surface area contributed by atoms with Gasteiger partial charge >= 0.3 is 0 Å². The first kappa shape index (κ1) is 15.6. The van der Waals surface area contributed by atoms with E-state index in [0.717, 1.165) is 0 Å². The van der Waals surface area contributed by atoms with Crippen LogP contribution < -0.4 is 0 Å². The normalized spacial score (nSPS) is 30.8. The minimum absolute atomic E-state index is 0.0193. The standard InChI is InChI=1S/C11H25NO3P2/c1-8(2)10-6-12(7-11(16)14-10)17(5,13)15-9(3)4/h8-11H,6-7,16H2,1-5H3. The van der Waals surface area contributed by atoms with Gasteiger partial charge in [-0.15, -0.1) is 9.24 Å². The van der Waals surface area contributed by atoms with E-state index >= 15 is 0 Å². The van der Waals surface area contributed by atoms with E-state index in [2.05, 4.69) is 23.1 Å². The Morgan fingerprint density at radius 1 is 1.35 bits per heavy atom. The lowest BCUT2D eigenvalue weighted by Gasteiger charge is -2.40. The van der Waals surface area contributed by atoms with Crippen LogP contribution in [-0.2, 0) is 13.8 Å². The topological polar surface area (TPSA) is 38.8 Å². The molecular formula is C11H25NO3P2. The van der Waals surface area contributed by atoms with E-state index in [1.54, 1.807) is 6.66 Å². The zero-order valence-electron chi connectivity index (χ0n) is 11.4. The van der Waals surface area contributed by atoms with Crippen LogP contribution >= 0.6 is 16.8 Å². The number of hydrogen-bond donors (Lipinski definition) is 0. The Morgan fingerprint density at radius 2 is 1.94 bits per heavy atom. The van der Waals surface area contributed by atoms with Gasteiger partial charge in [0.2, 0.25) is 0 Å². The van der Waals surface area contributed by atoms with Gasteiger partial charge < -0.3 is 9.26 Å². The molecule has 0 aliphatic carbocycles. The van der Waals surface area contributed by atoms with Gasteiger partial charge in [-0.2, -0.15) is 0 Å². The molecule has 0 aromatic carbocycles. The fourth-order valence-electron chi connectivity index (χ4n) is 1.92. The predicted molar refractivity (Wildman–Crippen MR) is 74.5 cm³/mol. The Morgan fingerprint density at radius 3 is 2.41 bits per heavy atom. The maximum atomic E-state index is 12.5. The quantitative estimate of drug-likeness (QED) is 0.743. The lowest BCUT2D eigenvalue weighted by molar-refractivity contribution is -0.0482. The second-order valence-electron chi connectivity index (χ2n) is 5.29. The second kappa shape index (κ2) is 6.12. The average Bonchev–Trinajstić information content (AvgIpc) is 2.14. The summed E-state index contributed by atoms with van der Waals surface area (Å²) in [6, 6.07) is 0. The van der Waals surface area contributed by atoms with Gasteiger partial charge in [0.1, 0.15) is 0 Å². The number of hydrogen-bond acceptors (Lipinski definition) is 3. The molecule has 0 aromatic rings. The highest BCUT2D eigenvalue weighted by atomic mass is 31.2. The van der Waals surface area contributed by atoms with Crippen LogP contribution in [0, 0.1) is 5.92 Å². The monoisotopic (exact) mass is 281 g/mol. The molecule has 4 unspecified atom stereocenters. The second-order valence-corrected chi connectivity index (χ2v) is 8.41. The first-order valence-electron chi connectivity index (χ1n) is 6.14. The summed E-state index contributed by atoms with van der Waals surface area (Å²) in [5.74, 6) is 0.445. The van der Waals surface area contributed by atoms with Crippen molar-refractivity contribution in [3.05, 3.63) is 0 Å². The van der Waals surface area contributed by atoms with Gasteiger partial charge in [-0.25, -0.2) is 4.67 Å². The molecule has 0 radical (unpaired) electrons. The number of nitrogens with zero attached hydrogens (tertiary/aromatic N) is 1. The Bertz CT molecular complexity index is 296. The van der Waals surface area contributed by atoms with Crippen LogP contribution in [-0.4, -0.2) is 42.5 Å². The van der Waals surface area contributed by atoms with Gasteiger partial charge in [0, 0.05) is 19.8 Å². The van der Waals surface area contributed by atoms with E-state index in [-0.39, 0.29) is 18.1 Å². The molecule has 1 heterocycles. The van der Waals surface area contributed by atoms with E-state index in [0.29, 0.717) is 19.0 Å². The Balaban J connectivity index is 2.72. The summed E-state index contributed by atoms with van der Waals surface area (Å²) in [5.41, 5.74) is 0. The third kappa shape index (κ3) is 4.61. The maximum Gasteiger partial charge on any atom is 0.269 e. The van der Waals surface area contributed by atoms with Gasteiger partial charge in [0.15, 0.2) is 0 Å². The van der Waals surface area contributed by atoms with Crippen LogP contribution in [0.5, 0.6) is 0 Å². The van der Waals surface area contributed by atoms with Crippen molar-refractivity contribution in [2.75, 3.05) is 19.8 Å². The molecule has 0 N–H and O–H groups in total. The van der Waals surface area contributed by atoms with Crippen molar-refractivity contribution in [1.29, 1.82) is 0 Å². The molecule has 4 atom stereocenters. The fraction of sp³-hybridized carbons (Fsp3) is 1.00. The molecule has 0 bridgehead atoms. The molecule has 0 spiro atoms. The van der Waals surface area contributed by atoms with E-state index in [1.807, 2.05) is 18.5 Å². The summed E-state index contributed by atoms with van der Waals surface area (Å²) >= 11 is 0. The van der Waals surface area contributed by atoms with Crippen LogP contribution in [0.4, 0.5) is 0 Å². The number of rotatable bonds is 4. The molecule has 17 heavy (non-hydrogen) atoms. The highest BCUT2D eigenvalue weighted by molar-refractivity contribution is 7.55. The minimum Gasteiger partial charge on any atom is -0.368 e. The summed E-state index contributed by atoms with van der Waals surface area (Å²) < 4.78 is 25.9. The molecule has 6 heteroatoms. The van der Waals surface area contributed by atoms with Gasteiger partial charge in [-0.1, -0.05) is 13.8 Å². The highest BCUT2D eigenvalue weighted by Crippen LogP contribution is 2.50. The Labute approximate surface area is 107 Å². The van der Waals surface area contributed by atoms with Crippen molar-refractivity contribution in [2.24, 2.45) is 5.92 Å². The van der Waals surface area contributed by atoms with E-state index in [4.69, 9.17) is 9.26 Å². The van der Waals surface area contributed by atoms with Crippen molar-refractivity contribution in [3.8, 4) is 0 Å². The lowest BCUT2D eigenvalue weighted by atomic mass is 10.1. The fourth-order valence-corrected chi connectivity index (χ4v) is 4.39. The van der Waals surface area contributed by atoms with Crippen LogP contribution in [0.25, 0.3) is 0 Å². The van der Waals surface area contributed by atoms with E-state index in [9.17, 15) is 4.57 Å². The van der Waals surface area contributed by atoms with Crippen molar-refractivity contribution >= 4 is 16.8 Å². The summed E-state index contributed by atoms with van der Waals surface area (Å²) in [7, 11) is -0.0378. The number of morpholine rings is 1. The zero-order chi connectivity index (χ0) is 13.2. The first-order valence-corrected chi connectivity index (χ1v) is 8.84. The van der Waals surface area contributed by atoms with E-state index in [1.165, 1.54) is 0 Å². The summed E-state index contributed by atoms with van der Waals surface area (Å²) in [6.45, 7) is 11.1. The van der Waals surface area contributed by atoms with Crippen molar-refractivity contribution in [2.45, 2.75) is 45.7 Å². The molecule has 4 nitrogen and oxygen atoms in total. The largest absolute Gasteiger partial charge is 0.368 e. The maximum absolute atomic E-state index is 12.5. The van der Waals surface area contributed by atoms with Crippen molar-refractivity contribution < 1.29 is 13.8 Å². The molecule has 0 aromatic heterocycles. The summed E-state index contributed by atoms with van der Waals surface area (Å²) in [6.07, 6.45) is 0.101. The zero-order valence-corrected chi connectivity index (χ0v) is 13.5. The smallest absolute Gasteiger partial charge is 0.269 e. The molecule has 0 saturated carbocycles. The van der Waals surface area contributed by atoms with Gasteiger partial charge in [0.05, 0.1) is 18.1 Å². The van der Waals surface area contributed by atoms with Crippen LogP contribution in [0.3, 0.4) is 0 Å². The van der Waals surface area contributed by atoms with Crippen LogP contribution in [0.2, 0.25) is 0 Å². The first-order chi connectivity index (χ1) is 7.72. The highest BCUT2D eigenvalue weighted by Gasteiger charge is 2.36. The molecular weight excluding hydrogens is 256 g/mol. The van der Waals surface area contributed by atoms with Crippen molar-refractivity contribution in [3.63, 3.8) is 0 Å². The summed E-state index contributed by atoms with van der Waals surface area (Å²) in [5, 5.41) is 0. The molecule has 1 aliphatic rings. The van der Waals surface area contributed by atoms with Gasteiger partial charge in [0.25, 0.3) is 7.52 Å². The van der Waals surface area contributed by atoms with Crippen LogP contribution in [0.1, 0.15) is 27.7 Å². The SMILES string of the molecule is CC(C)OP(C)(=O)N1CC(P)OC(C(C)C)C1. The van der Waals surface area contributed by atoms with Crippen molar-refractivity contribution in [1.82, 2.24) is 4.67 Å². The average molecular weight is 281 g/mol. The lowest BCUT2D eigenvalue weighted by Crippen LogP contribution is -2.46. The minimum atomic E-state index is -2.70. The Kier molecular flexibility index (Phi) is 5.62. The number of ether oxygens (including phenoxy) is 1. The molecule has 1 aliphatic heterocycles. The van der Waals surface area contributed by atoms with E-state index < -0.39 is 7.52 Å². The molecule has 1 saturated heterocycles. The molecule has 0 amide bonds.